The minimum atomic E-state index is 0.345. The van der Waals surface area contributed by atoms with Crippen LogP contribution in [0.2, 0.25) is 0 Å². The van der Waals surface area contributed by atoms with Crippen LogP contribution < -0.4 is 5.73 Å². The van der Waals surface area contributed by atoms with E-state index in [4.69, 9.17) is 10.5 Å². The molecule has 1 heterocycles. The van der Waals surface area contributed by atoms with E-state index in [9.17, 15) is 0 Å². The van der Waals surface area contributed by atoms with Crippen molar-refractivity contribution in [3.05, 3.63) is 18.0 Å². The van der Waals surface area contributed by atoms with Gasteiger partial charge >= 0.3 is 0 Å². The molecule has 1 aliphatic carbocycles. The van der Waals surface area contributed by atoms with Crippen LogP contribution in [0.1, 0.15) is 31.2 Å². The molecule has 2 rings (SSSR count). The van der Waals surface area contributed by atoms with Gasteiger partial charge in [0.15, 0.2) is 0 Å². The third-order valence-corrected chi connectivity index (χ3v) is 3.17. The maximum absolute atomic E-state index is 5.92. The zero-order valence-electron chi connectivity index (χ0n) is 9.93. The monoisotopic (exact) mass is 223 g/mol. The number of nitrogens with two attached hydrogens (primary N) is 1. The summed E-state index contributed by atoms with van der Waals surface area (Å²) in [5.74, 6) is 0. The lowest BCUT2D eigenvalue weighted by Crippen LogP contribution is -2.32. The molecule has 0 spiro atoms. The van der Waals surface area contributed by atoms with Gasteiger partial charge < -0.3 is 10.5 Å². The normalized spacial score (nSPS) is 25.9. The minimum Gasteiger partial charge on any atom is -0.378 e. The molecule has 0 radical (unpaired) electrons. The molecule has 16 heavy (non-hydrogen) atoms. The third kappa shape index (κ3) is 3.32. The van der Waals surface area contributed by atoms with E-state index in [0.29, 0.717) is 12.1 Å². The van der Waals surface area contributed by atoms with Gasteiger partial charge in [-0.25, -0.2) is 0 Å². The summed E-state index contributed by atoms with van der Waals surface area (Å²) in [4.78, 5) is 0. The lowest BCUT2D eigenvalue weighted by Gasteiger charge is -2.26. The zero-order valence-corrected chi connectivity index (χ0v) is 9.93. The number of rotatable bonds is 4. The average molecular weight is 223 g/mol. The molecule has 1 fully saturated rings. The lowest BCUT2D eigenvalue weighted by atomic mass is 9.93. The number of aryl methyl sites for hydroxylation is 1. The van der Waals surface area contributed by atoms with Gasteiger partial charge in [-0.15, -0.1) is 0 Å². The van der Waals surface area contributed by atoms with E-state index in [1.54, 1.807) is 0 Å². The predicted octanol–water partition coefficient (Wildman–Crippen LogP) is 1.25. The Morgan fingerprint density at radius 1 is 1.56 bits per heavy atom. The Labute approximate surface area is 96.8 Å². The van der Waals surface area contributed by atoms with E-state index in [1.807, 2.05) is 24.1 Å². The van der Waals surface area contributed by atoms with Crippen LogP contribution in [-0.4, -0.2) is 28.5 Å². The summed E-state index contributed by atoms with van der Waals surface area (Å²) in [7, 11) is 1.94. The van der Waals surface area contributed by atoms with Gasteiger partial charge in [-0.2, -0.15) is 5.10 Å². The highest BCUT2D eigenvalue weighted by atomic mass is 16.5. The van der Waals surface area contributed by atoms with E-state index in [2.05, 4.69) is 5.10 Å². The SMILES string of the molecule is Cn1cc(CCOC2CCCC(N)C2)cn1. The minimum absolute atomic E-state index is 0.345. The van der Waals surface area contributed by atoms with Gasteiger partial charge in [0, 0.05) is 19.3 Å². The molecule has 1 aromatic rings. The first kappa shape index (κ1) is 11.6. The second-order valence-electron chi connectivity index (χ2n) is 4.69. The summed E-state index contributed by atoms with van der Waals surface area (Å²) in [6.45, 7) is 0.781. The van der Waals surface area contributed by atoms with Crippen molar-refractivity contribution < 1.29 is 4.74 Å². The van der Waals surface area contributed by atoms with Crippen LogP contribution in [0.3, 0.4) is 0 Å². The molecule has 90 valence electrons. The first-order chi connectivity index (χ1) is 7.74. The molecule has 2 unspecified atom stereocenters. The Morgan fingerprint density at radius 3 is 3.12 bits per heavy atom. The molecular formula is C12H21N3O. The smallest absolute Gasteiger partial charge is 0.0590 e. The molecule has 1 saturated carbocycles. The van der Waals surface area contributed by atoms with Crippen molar-refractivity contribution in [1.82, 2.24) is 9.78 Å². The quantitative estimate of drug-likeness (QED) is 0.835. The average Bonchev–Trinajstić information content (AvgIpc) is 2.64. The van der Waals surface area contributed by atoms with Crippen molar-refractivity contribution in [3.63, 3.8) is 0 Å². The summed E-state index contributed by atoms with van der Waals surface area (Å²) in [5, 5.41) is 4.14. The highest BCUT2D eigenvalue weighted by Gasteiger charge is 2.19. The van der Waals surface area contributed by atoms with E-state index in [1.165, 1.54) is 18.4 Å². The first-order valence-electron chi connectivity index (χ1n) is 6.09. The summed E-state index contributed by atoms with van der Waals surface area (Å²) in [5.41, 5.74) is 7.16. The Hall–Kier alpha value is -0.870. The lowest BCUT2D eigenvalue weighted by molar-refractivity contribution is 0.0254. The second kappa shape index (κ2) is 5.46. The van der Waals surface area contributed by atoms with Crippen molar-refractivity contribution in [3.8, 4) is 0 Å². The first-order valence-corrected chi connectivity index (χ1v) is 6.09. The van der Waals surface area contributed by atoms with Gasteiger partial charge in [-0.05, 0) is 37.7 Å². The fourth-order valence-electron chi connectivity index (χ4n) is 2.28. The number of ether oxygens (including phenoxy) is 1. The fourth-order valence-corrected chi connectivity index (χ4v) is 2.28. The van der Waals surface area contributed by atoms with E-state index < -0.39 is 0 Å². The number of hydrogen-bond acceptors (Lipinski definition) is 3. The molecule has 0 amide bonds. The molecule has 0 aliphatic heterocycles. The van der Waals surface area contributed by atoms with Crippen molar-refractivity contribution in [1.29, 1.82) is 0 Å². The molecule has 2 N–H and O–H groups in total. The number of nitrogens with zero attached hydrogens (tertiary/aromatic N) is 2. The maximum atomic E-state index is 5.92. The van der Waals surface area contributed by atoms with E-state index >= 15 is 0 Å². The van der Waals surface area contributed by atoms with Crippen LogP contribution in [0.25, 0.3) is 0 Å². The van der Waals surface area contributed by atoms with Crippen molar-refractivity contribution in [2.75, 3.05) is 6.61 Å². The third-order valence-electron chi connectivity index (χ3n) is 3.17. The number of aromatic nitrogens is 2. The van der Waals surface area contributed by atoms with Gasteiger partial charge in [0.2, 0.25) is 0 Å². The van der Waals surface area contributed by atoms with Crippen LogP contribution in [-0.2, 0) is 18.2 Å². The van der Waals surface area contributed by atoms with Crippen molar-refractivity contribution in [2.24, 2.45) is 12.8 Å². The molecule has 0 aromatic carbocycles. The standard InChI is InChI=1S/C12H21N3O/c1-15-9-10(8-14-15)5-6-16-12-4-2-3-11(13)7-12/h8-9,11-12H,2-7,13H2,1H3. The Kier molecular flexibility index (Phi) is 3.96. The molecule has 1 aromatic heterocycles. The topological polar surface area (TPSA) is 53.1 Å². The molecule has 0 bridgehead atoms. The second-order valence-corrected chi connectivity index (χ2v) is 4.69. The van der Waals surface area contributed by atoms with E-state index in [0.717, 1.165) is 25.9 Å². The summed E-state index contributed by atoms with van der Waals surface area (Å²) < 4.78 is 7.67. The van der Waals surface area contributed by atoms with Gasteiger partial charge in [0.25, 0.3) is 0 Å². The van der Waals surface area contributed by atoms with Crippen LogP contribution in [0, 0.1) is 0 Å². The summed E-state index contributed by atoms with van der Waals surface area (Å²) in [6, 6.07) is 0.345. The van der Waals surface area contributed by atoms with Gasteiger partial charge in [0.1, 0.15) is 0 Å². The van der Waals surface area contributed by atoms with Gasteiger partial charge in [-0.1, -0.05) is 0 Å². The van der Waals surface area contributed by atoms with Crippen LogP contribution in [0.5, 0.6) is 0 Å². The molecular weight excluding hydrogens is 202 g/mol. The summed E-state index contributed by atoms with van der Waals surface area (Å²) >= 11 is 0. The van der Waals surface area contributed by atoms with Crippen molar-refractivity contribution >= 4 is 0 Å². The van der Waals surface area contributed by atoms with Crippen molar-refractivity contribution in [2.45, 2.75) is 44.2 Å². The highest BCUT2D eigenvalue weighted by Crippen LogP contribution is 2.19. The van der Waals surface area contributed by atoms with Gasteiger partial charge in [0.05, 0.1) is 18.9 Å². The Balaban J connectivity index is 1.67. The summed E-state index contributed by atoms with van der Waals surface area (Å²) in [6.07, 6.45) is 9.81. The highest BCUT2D eigenvalue weighted by molar-refractivity contribution is 5.03. The Bertz CT molecular complexity index is 324. The molecule has 0 saturated heterocycles. The maximum Gasteiger partial charge on any atom is 0.0590 e. The molecule has 2 atom stereocenters. The predicted molar refractivity (Wildman–Crippen MR) is 63.1 cm³/mol. The Morgan fingerprint density at radius 2 is 2.44 bits per heavy atom. The number of hydrogen-bond donors (Lipinski definition) is 1. The molecule has 4 heteroatoms. The van der Waals surface area contributed by atoms with Gasteiger partial charge in [-0.3, -0.25) is 4.68 Å². The fraction of sp³-hybridized carbons (Fsp3) is 0.750. The van der Waals surface area contributed by atoms with Crippen LogP contribution >= 0.6 is 0 Å². The zero-order chi connectivity index (χ0) is 11.4. The van der Waals surface area contributed by atoms with E-state index in [-0.39, 0.29) is 0 Å². The van der Waals surface area contributed by atoms with Crippen LogP contribution in [0.4, 0.5) is 0 Å². The molecule has 4 nitrogen and oxygen atoms in total. The van der Waals surface area contributed by atoms with Crippen LogP contribution in [0.15, 0.2) is 12.4 Å². The largest absolute Gasteiger partial charge is 0.378 e. The molecule has 1 aliphatic rings.